The molecule has 3 rings (SSSR count). The van der Waals surface area contributed by atoms with Gasteiger partial charge >= 0.3 is 6.36 Å². The van der Waals surface area contributed by atoms with Gasteiger partial charge in [-0.3, -0.25) is 0 Å². The van der Waals surface area contributed by atoms with Gasteiger partial charge in [-0.25, -0.2) is 13.2 Å². The lowest BCUT2D eigenvalue weighted by atomic mass is 9.87. The van der Waals surface area contributed by atoms with Crippen molar-refractivity contribution in [3.8, 4) is 5.75 Å². The van der Waals surface area contributed by atoms with Crippen LogP contribution in [-0.4, -0.2) is 6.36 Å². The highest BCUT2D eigenvalue weighted by atomic mass is 19.4. The largest absolute Gasteiger partial charge is 0.573 e. The SMILES string of the molecule is CCCc1cc(F)c(C2=CCc3cc(OC(F)(F)F)c(F)cc3C2)c(F)c1. The molecule has 27 heavy (non-hydrogen) atoms. The van der Waals surface area contributed by atoms with Crippen LogP contribution < -0.4 is 4.74 Å². The van der Waals surface area contributed by atoms with Crippen molar-refractivity contribution in [1.29, 1.82) is 0 Å². The summed E-state index contributed by atoms with van der Waals surface area (Å²) in [7, 11) is 0. The van der Waals surface area contributed by atoms with Crippen LogP contribution in [0, 0.1) is 17.5 Å². The molecule has 0 bridgehead atoms. The molecule has 0 aromatic heterocycles. The summed E-state index contributed by atoms with van der Waals surface area (Å²) in [6.45, 7) is 1.90. The molecule has 7 heteroatoms. The molecule has 2 aromatic carbocycles. The van der Waals surface area contributed by atoms with Crippen LogP contribution in [0.4, 0.5) is 26.3 Å². The van der Waals surface area contributed by atoms with E-state index >= 15 is 0 Å². The molecule has 0 spiro atoms. The second kappa shape index (κ2) is 7.29. The summed E-state index contributed by atoms with van der Waals surface area (Å²) in [6, 6.07) is 4.45. The average Bonchev–Trinajstić information content (AvgIpc) is 2.54. The zero-order valence-electron chi connectivity index (χ0n) is 14.4. The van der Waals surface area contributed by atoms with Crippen molar-refractivity contribution in [2.45, 2.75) is 39.0 Å². The molecule has 0 unspecified atom stereocenters. The van der Waals surface area contributed by atoms with Crippen molar-refractivity contribution < 1.29 is 31.1 Å². The molecular formula is C20H16F6O. The second-order valence-corrected chi connectivity index (χ2v) is 6.39. The third kappa shape index (κ3) is 4.28. The third-order valence-corrected chi connectivity index (χ3v) is 4.39. The number of fused-ring (bicyclic) bond motifs is 1. The predicted molar refractivity (Wildman–Crippen MR) is 88.8 cm³/mol. The number of ether oxygens (including phenoxy) is 1. The van der Waals surface area contributed by atoms with Gasteiger partial charge in [-0.05, 0) is 65.8 Å². The lowest BCUT2D eigenvalue weighted by molar-refractivity contribution is -0.275. The van der Waals surface area contributed by atoms with Crippen molar-refractivity contribution in [2.24, 2.45) is 0 Å². The van der Waals surface area contributed by atoms with E-state index in [9.17, 15) is 26.3 Å². The van der Waals surface area contributed by atoms with E-state index in [0.717, 1.165) is 18.6 Å². The monoisotopic (exact) mass is 386 g/mol. The van der Waals surface area contributed by atoms with Gasteiger partial charge in [0.05, 0.1) is 0 Å². The van der Waals surface area contributed by atoms with Crippen LogP contribution in [0.15, 0.2) is 30.3 Å². The minimum atomic E-state index is -5.00. The molecule has 1 aliphatic carbocycles. The van der Waals surface area contributed by atoms with Crippen LogP contribution in [0.1, 0.15) is 35.6 Å². The Kier molecular flexibility index (Phi) is 5.22. The van der Waals surface area contributed by atoms with Crippen LogP contribution in [0.3, 0.4) is 0 Å². The highest BCUT2D eigenvalue weighted by molar-refractivity contribution is 5.72. The summed E-state index contributed by atoms with van der Waals surface area (Å²) in [5, 5.41) is 0. The molecule has 0 N–H and O–H groups in total. The topological polar surface area (TPSA) is 9.23 Å². The van der Waals surface area contributed by atoms with E-state index in [-0.39, 0.29) is 18.4 Å². The van der Waals surface area contributed by atoms with Crippen LogP contribution in [0.2, 0.25) is 0 Å². The molecule has 0 radical (unpaired) electrons. The van der Waals surface area contributed by atoms with E-state index in [1.165, 1.54) is 12.1 Å². The molecule has 0 atom stereocenters. The Morgan fingerprint density at radius 2 is 1.59 bits per heavy atom. The molecule has 1 nitrogen and oxygen atoms in total. The molecule has 2 aromatic rings. The van der Waals surface area contributed by atoms with Crippen LogP contribution in [0.25, 0.3) is 5.57 Å². The lowest BCUT2D eigenvalue weighted by Gasteiger charge is -2.20. The summed E-state index contributed by atoms with van der Waals surface area (Å²) >= 11 is 0. The minimum absolute atomic E-state index is 0.0134. The number of benzene rings is 2. The normalized spacial score (nSPS) is 14.0. The maximum atomic E-state index is 14.4. The van der Waals surface area contributed by atoms with Crippen molar-refractivity contribution in [2.75, 3.05) is 0 Å². The molecule has 0 saturated carbocycles. The van der Waals surface area contributed by atoms with Crippen molar-refractivity contribution in [3.05, 3.63) is 70.0 Å². The Balaban J connectivity index is 1.92. The summed E-state index contributed by atoms with van der Waals surface area (Å²) in [4.78, 5) is 0. The van der Waals surface area contributed by atoms with Gasteiger partial charge in [0, 0.05) is 5.56 Å². The second-order valence-electron chi connectivity index (χ2n) is 6.39. The van der Waals surface area contributed by atoms with Gasteiger partial charge < -0.3 is 4.74 Å². The minimum Gasteiger partial charge on any atom is -0.403 e. The molecule has 0 heterocycles. The zero-order chi connectivity index (χ0) is 19.8. The van der Waals surface area contributed by atoms with Gasteiger partial charge in [-0.15, -0.1) is 13.2 Å². The quantitative estimate of drug-likeness (QED) is 0.574. The molecule has 0 fully saturated rings. The first-order valence-electron chi connectivity index (χ1n) is 8.42. The Hall–Kier alpha value is -2.44. The van der Waals surface area contributed by atoms with Gasteiger partial charge in [0.25, 0.3) is 0 Å². The maximum absolute atomic E-state index is 14.4. The summed E-state index contributed by atoms with van der Waals surface area (Å²) < 4.78 is 83.4. The first kappa shape index (κ1) is 19.3. The van der Waals surface area contributed by atoms with E-state index in [1.54, 1.807) is 6.08 Å². The Morgan fingerprint density at radius 3 is 2.19 bits per heavy atom. The number of rotatable bonds is 4. The number of alkyl halides is 3. The van der Waals surface area contributed by atoms with E-state index in [2.05, 4.69) is 4.74 Å². The van der Waals surface area contributed by atoms with Gasteiger partial charge in [0.15, 0.2) is 11.6 Å². The Labute approximate surface area is 152 Å². The molecule has 0 saturated heterocycles. The summed E-state index contributed by atoms with van der Waals surface area (Å²) in [6.07, 6.45) is -2.04. The van der Waals surface area contributed by atoms with Crippen molar-refractivity contribution in [3.63, 3.8) is 0 Å². The number of allylic oxidation sites excluding steroid dienone is 2. The average molecular weight is 386 g/mol. The lowest BCUT2D eigenvalue weighted by Crippen LogP contribution is -2.18. The summed E-state index contributed by atoms with van der Waals surface area (Å²) in [5.41, 5.74) is 1.49. The van der Waals surface area contributed by atoms with Crippen LogP contribution in [0.5, 0.6) is 5.75 Å². The molecule has 0 aliphatic heterocycles. The zero-order valence-corrected chi connectivity index (χ0v) is 14.4. The highest BCUT2D eigenvalue weighted by Crippen LogP contribution is 2.35. The number of hydrogen-bond acceptors (Lipinski definition) is 1. The molecule has 1 aliphatic rings. The highest BCUT2D eigenvalue weighted by Gasteiger charge is 2.33. The standard InChI is InChI=1S/C20H16F6O/c1-2-3-11-6-16(22)19(17(23)7-11)13-5-4-12-10-18(27-20(24,25)26)15(21)9-14(12)8-13/h5-7,9-10H,2-4,8H2,1H3. The first-order chi connectivity index (χ1) is 12.7. The molecule has 144 valence electrons. The van der Waals surface area contributed by atoms with E-state index in [4.69, 9.17) is 0 Å². The van der Waals surface area contributed by atoms with Gasteiger partial charge in [0.1, 0.15) is 11.6 Å². The smallest absolute Gasteiger partial charge is 0.403 e. The van der Waals surface area contributed by atoms with Gasteiger partial charge in [0.2, 0.25) is 0 Å². The van der Waals surface area contributed by atoms with E-state index < -0.39 is 29.6 Å². The van der Waals surface area contributed by atoms with Crippen molar-refractivity contribution in [1.82, 2.24) is 0 Å². The predicted octanol–water partition coefficient (Wildman–Crippen LogP) is 6.14. The third-order valence-electron chi connectivity index (χ3n) is 4.39. The van der Waals surface area contributed by atoms with E-state index in [1.807, 2.05) is 6.92 Å². The maximum Gasteiger partial charge on any atom is 0.573 e. The fourth-order valence-corrected chi connectivity index (χ4v) is 3.26. The fourth-order valence-electron chi connectivity index (χ4n) is 3.26. The Bertz CT molecular complexity index is 875. The summed E-state index contributed by atoms with van der Waals surface area (Å²) in [5.74, 6) is -3.50. The molecular weight excluding hydrogens is 370 g/mol. The van der Waals surface area contributed by atoms with Gasteiger partial charge in [-0.1, -0.05) is 19.4 Å². The molecule has 0 amide bonds. The van der Waals surface area contributed by atoms with Crippen molar-refractivity contribution >= 4 is 5.57 Å². The number of halogens is 6. The van der Waals surface area contributed by atoms with Crippen LogP contribution >= 0.6 is 0 Å². The number of aryl methyl sites for hydroxylation is 1. The van der Waals surface area contributed by atoms with Gasteiger partial charge in [-0.2, -0.15) is 0 Å². The van der Waals surface area contributed by atoms with E-state index in [0.29, 0.717) is 28.7 Å². The van der Waals surface area contributed by atoms with Crippen LogP contribution in [-0.2, 0) is 19.3 Å². The number of hydrogen-bond donors (Lipinski definition) is 0. The fraction of sp³-hybridized carbons (Fsp3) is 0.300. The first-order valence-corrected chi connectivity index (χ1v) is 8.42. The Morgan fingerprint density at radius 1 is 0.926 bits per heavy atom.